The molecule has 68 valence electrons. The number of nitrogens with zero attached hydrogens (tertiary/aromatic N) is 1. The zero-order valence-corrected chi connectivity index (χ0v) is 8.21. The maximum Gasteiger partial charge on any atom is 0.0909 e. The highest BCUT2D eigenvalue weighted by molar-refractivity contribution is 7.25. The predicted octanol–water partition coefficient (Wildman–Crippen LogP) is 3.03. The Bertz CT molecular complexity index is 613. The van der Waals surface area contributed by atoms with Gasteiger partial charge in [-0.3, -0.25) is 4.98 Å². The molecule has 0 aliphatic heterocycles. The van der Waals surface area contributed by atoms with Crippen LogP contribution in [0.3, 0.4) is 0 Å². The first-order valence-corrected chi connectivity index (χ1v) is 5.19. The molecular formula is C11H8N2S. The molecule has 2 aromatic heterocycles. The van der Waals surface area contributed by atoms with Gasteiger partial charge in [0.1, 0.15) is 0 Å². The molecule has 1 aromatic carbocycles. The van der Waals surface area contributed by atoms with Crippen LogP contribution in [0.5, 0.6) is 0 Å². The van der Waals surface area contributed by atoms with E-state index in [1.807, 2.05) is 18.2 Å². The summed E-state index contributed by atoms with van der Waals surface area (Å²) in [5.74, 6) is 0. The maximum atomic E-state index is 5.93. The Kier molecular flexibility index (Phi) is 1.49. The largest absolute Gasteiger partial charge is 0.398 e. The molecule has 0 saturated heterocycles. The second kappa shape index (κ2) is 2.69. The summed E-state index contributed by atoms with van der Waals surface area (Å²) in [6, 6.07) is 10.0. The molecule has 0 radical (unpaired) electrons. The summed E-state index contributed by atoms with van der Waals surface area (Å²) in [4.78, 5) is 4.36. The zero-order chi connectivity index (χ0) is 9.54. The fourth-order valence-electron chi connectivity index (χ4n) is 1.67. The third kappa shape index (κ3) is 0.930. The average molecular weight is 200 g/mol. The van der Waals surface area contributed by atoms with Gasteiger partial charge in [-0.15, -0.1) is 11.3 Å². The first-order valence-electron chi connectivity index (χ1n) is 4.38. The lowest BCUT2D eigenvalue weighted by atomic mass is 10.2. The summed E-state index contributed by atoms with van der Waals surface area (Å²) >= 11 is 1.73. The molecule has 0 aliphatic rings. The Morgan fingerprint density at radius 3 is 2.86 bits per heavy atom. The molecule has 0 bridgehead atoms. The van der Waals surface area contributed by atoms with E-state index in [1.54, 1.807) is 17.5 Å². The monoisotopic (exact) mass is 200 g/mol. The van der Waals surface area contributed by atoms with Gasteiger partial charge in [-0.2, -0.15) is 0 Å². The van der Waals surface area contributed by atoms with Crippen LogP contribution in [0.25, 0.3) is 20.3 Å². The van der Waals surface area contributed by atoms with E-state index in [9.17, 15) is 0 Å². The third-order valence-corrected chi connectivity index (χ3v) is 3.40. The highest BCUT2D eigenvalue weighted by Gasteiger charge is 2.06. The van der Waals surface area contributed by atoms with Gasteiger partial charge in [0, 0.05) is 22.0 Å². The Morgan fingerprint density at radius 2 is 1.93 bits per heavy atom. The van der Waals surface area contributed by atoms with Crippen molar-refractivity contribution in [3.05, 3.63) is 36.5 Å². The molecule has 0 atom stereocenters. The van der Waals surface area contributed by atoms with Gasteiger partial charge in [-0.1, -0.05) is 6.07 Å². The summed E-state index contributed by atoms with van der Waals surface area (Å²) in [5, 5.41) is 1.09. The second-order valence-corrected chi connectivity index (χ2v) is 4.26. The van der Waals surface area contributed by atoms with Crippen LogP contribution in [-0.2, 0) is 0 Å². The number of hydrogen-bond donors (Lipinski definition) is 1. The van der Waals surface area contributed by atoms with Crippen LogP contribution < -0.4 is 5.73 Å². The molecular weight excluding hydrogens is 192 g/mol. The predicted molar refractivity (Wildman–Crippen MR) is 61.5 cm³/mol. The number of hydrogen-bond acceptors (Lipinski definition) is 3. The molecule has 0 fully saturated rings. The van der Waals surface area contributed by atoms with Crippen LogP contribution in [0.4, 0.5) is 5.69 Å². The van der Waals surface area contributed by atoms with E-state index >= 15 is 0 Å². The fraction of sp³-hybridized carbons (Fsp3) is 0. The molecule has 0 spiro atoms. The molecule has 2 N–H and O–H groups in total. The Balaban J connectivity index is 2.65. The van der Waals surface area contributed by atoms with Gasteiger partial charge in [0.25, 0.3) is 0 Å². The molecule has 3 rings (SSSR count). The van der Waals surface area contributed by atoms with Gasteiger partial charge in [0.05, 0.1) is 10.2 Å². The number of nitrogens with two attached hydrogens (primary N) is 1. The highest BCUT2D eigenvalue weighted by Crippen LogP contribution is 2.35. The second-order valence-electron chi connectivity index (χ2n) is 3.17. The normalized spacial score (nSPS) is 11.1. The molecule has 3 heteroatoms. The van der Waals surface area contributed by atoms with E-state index in [-0.39, 0.29) is 0 Å². The molecule has 2 heterocycles. The number of nitrogen functional groups attached to an aromatic ring is 1. The summed E-state index contributed by atoms with van der Waals surface area (Å²) in [6.45, 7) is 0. The number of thiophene rings is 1. The minimum Gasteiger partial charge on any atom is -0.398 e. The van der Waals surface area contributed by atoms with E-state index in [2.05, 4.69) is 17.1 Å². The van der Waals surface area contributed by atoms with Gasteiger partial charge in [-0.05, 0) is 24.3 Å². The minimum atomic E-state index is 0.812. The third-order valence-electron chi connectivity index (χ3n) is 2.29. The molecule has 2 nitrogen and oxygen atoms in total. The maximum absolute atomic E-state index is 5.93. The first kappa shape index (κ1) is 7.76. The molecule has 3 aromatic rings. The standard InChI is InChI=1S/C11H8N2S/c12-7-3-1-4-8-10(7)11-9(14-8)5-2-6-13-11/h1-6H,12H2. The summed E-state index contributed by atoms with van der Waals surface area (Å²) in [5.41, 5.74) is 7.76. The lowest BCUT2D eigenvalue weighted by molar-refractivity contribution is 1.44. The molecule has 0 saturated carbocycles. The van der Waals surface area contributed by atoms with E-state index in [4.69, 9.17) is 5.73 Å². The van der Waals surface area contributed by atoms with Gasteiger partial charge in [-0.25, -0.2) is 0 Å². The van der Waals surface area contributed by atoms with Crippen LogP contribution >= 0.6 is 11.3 Å². The minimum absolute atomic E-state index is 0.812. The summed E-state index contributed by atoms with van der Waals surface area (Å²) in [7, 11) is 0. The zero-order valence-electron chi connectivity index (χ0n) is 7.40. The molecule has 0 unspecified atom stereocenters. The van der Waals surface area contributed by atoms with Crippen LogP contribution in [-0.4, -0.2) is 4.98 Å². The molecule has 0 amide bonds. The Morgan fingerprint density at radius 1 is 1.07 bits per heavy atom. The lowest BCUT2D eigenvalue weighted by Gasteiger charge is -1.94. The van der Waals surface area contributed by atoms with Crippen molar-refractivity contribution in [2.45, 2.75) is 0 Å². The average Bonchev–Trinajstić information content (AvgIpc) is 2.57. The van der Waals surface area contributed by atoms with Crippen LogP contribution in [0, 0.1) is 0 Å². The number of pyridine rings is 1. The molecule has 14 heavy (non-hydrogen) atoms. The van der Waals surface area contributed by atoms with Crippen LogP contribution in [0.2, 0.25) is 0 Å². The van der Waals surface area contributed by atoms with Crippen molar-refractivity contribution >= 4 is 37.3 Å². The van der Waals surface area contributed by atoms with Gasteiger partial charge < -0.3 is 5.73 Å². The van der Waals surface area contributed by atoms with E-state index in [0.29, 0.717) is 0 Å². The lowest BCUT2D eigenvalue weighted by Crippen LogP contribution is -1.84. The SMILES string of the molecule is Nc1cccc2sc3cccnc3c12. The number of aromatic nitrogens is 1. The smallest absolute Gasteiger partial charge is 0.0909 e. The van der Waals surface area contributed by atoms with Crippen LogP contribution in [0.1, 0.15) is 0 Å². The van der Waals surface area contributed by atoms with Crippen molar-refractivity contribution in [2.75, 3.05) is 5.73 Å². The van der Waals surface area contributed by atoms with Crippen LogP contribution in [0.15, 0.2) is 36.5 Å². The Hall–Kier alpha value is -1.61. The topological polar surface area (TPSA) is 38.9 Å². The van der Waals surface area contributed by atoms with E-state index < -0.39 is 0 Å². The van der Waals surface area contributed by atoms with Crippen molar-refractivity contribution in [1.82, 2.24) is 4.98 Å². The van der Waals surface area contributed by atoms with Gasteiger partial charge >= 0.3 is 0 Å². The van der Waals surface area contributed by atoms with Crippen molar-refractivity contribution in [3.63, 3.8) is 0 Å². The van der Waals surface area contributed by atoms with Gasteiger partial charge in [0.15, 0.2) is 0 Å². The fourth-order valence-corrected chi connectivity index (χ4v) is 2.76. The van der Waals surface area contributed by atoms with Gasteiger partial charge in [0.2, 0.25) is 0 Å². The number of benzene rings is 1. The van der Waals surface area contributed by atoms with Crippen molar-refractivity contribution in [2.24, 2.45) is 0 Å². The van der Waals surface area contributed by atoms with Crippen molar-refractivity contribution in [3.8, 4) is 0 Å². The summed E-state index contributed by atoms with van der Waals surface area (Å²) in [6.07, 6.45) is 1.81. The Labute approximate surface area is 85.0 Å². The first-order chi connectivity index (χ1) is 6.86. The van der Waals surface area contributed by atoms with E-state index in [0.717, 1.165) is 16.6 Å². The number of anilines is 1. The van der Waals surface area contributed by atoms with Crippen molar-refractivity contribution in [1.29, 1.82) is 0 Å². The van der Waals surface area contributed by atoms with Crippen molar-refractivity contribution < 1.29 is 0 Å². The number of rotatable bonds is 0. The number of fused-ring (bicyclic) bond motifs is 3. The highest BCUT2D eigenvalue weighted by atomic mass is 32.1. The van der Waals surface area contributed by atoms with E-state index in [1.165, 1.54) is 9.40 Å². The summed E-state index contributed by atoms with van der Waals surface area (Å²) < 4.78 is 2.40. The quantitative estimate of drug-likeness (QED) is 0.566. The molecule has 0 aliphatic carbocycles.